The third-order valence-electron chi connectivity index (χ3n) is 4.75. The Morgan fingerprint density at radius 1 is 1.04 bits per heavy atom. The number of anilines is 1. The van der Waals surface area contributed by atoms with Gasteiger partial charge in [0, 0.05) is 5.69 Å². The van der Waals surface area contributed by atoms with E-state index in [9.17, 15) is 9.18 Å². The van der Waals surface area contributed by atoms with Gasteiger partial charge in [-0.05, 0) is 48.7 Å². The zero-order valence-corrected chi connectivity index (χ0v) is 14.3. The average Bonchev–Trinajstić information content (AvgIpc) is 2.64. The predicted octanol–water partition coefficient (Wildman–Crippen LogP) is 5.43. The van der Waals surface area contributed by atoms with E-state index in [1.807, 2.05) is 12.1 Å². The molecule has 1 fully saturated rings. The number of nitrogens with one attached hydrogen (secondary N) is 1. The monoisotopic (exact) mass is 341 g/mol. The second kappa shape index (κ2) is 8.65. The van der Waals surface area contributed by atoms with Crippen molar-refractivity contribution in [1.82, 2.24) is 0 Å². The number of hydrogen-bond donors (Lipinski definition) is 1. The van der Waals surface area contributed by atoms with Gasteiger partial charge in [-0.15, -0.1) is 0 Å². The summed E-state index contributed by atoms with van der Waals surface area (Å²) in [5.74, 6) is 0.611. The van der Waals surface area contributed by atoms with Gasteiger partial charge >= 0.3 is 0 Å². The predicted molar refractivity (Wildman–Crippen MR) is 97.5 cm³/mol. The van der Waals surface area contributed by atoms with Crippen molar-refractivity contribution in [2.45, 2.75) is 38.5 Å². The summed E-state index contributed by atoms with van der Waals surface area (Å²) in [5, 5.41) is 2.70. The third kappa shape index (κ3) is 5.05. The fourth-order valence-electron chi connectivity index (χ4n) is 3.30. The molecule has 0 radical (unpaired) electrons. The molecule has 1 N–H and O–H groups in total. The first-order valence-electron chi connectivity index (χ1n) is 9.01. The SMILES string of the molecule is O=C(Nc1ccc(OCCC2CCCCC2)cc1)c1ccccc1F. The Bertz CT molecular complexity index is 693. The van der Waals surface area contributed by atoms with Gasteiger partial charge in [0.1, 0.15) is 11.6 Å². The molecule has 3 nitrogen and oxygen atoms in total. The van der Waals surface area contributed by atoms with E-state index in [1.165, 1.54) is 44.2 Å². The molecule has 2 aromatic rings. The summed E-state index contributed by atoms with van der Waals surface area (Å²) in [6.07, 6.45) is 7.82. The second-order valence-corrected chi connectivity index (χ2v) is 6.60. The van der Waals surface area contributed by atoms with Crippen molar-refractivity contribution in [1.29, 1.82) is 0 Å². The highest BCUT2D eigenvalue weighted by Gasteiger charge is 2.13. The zero-order valence-electron chi connectivity index (χ0n) is 14.3. The number of benzene rings is 2. The normalized spacial score (nSPS) is 14.9. The first-order valence-corrected chi connectivity index (χ1v) is 9.01. The number of rotatable bonds is 6. The van der Waals surface area contributed by atoms with Crippen LogP contribution in [0.25, 0.3) is 0 Å². The van der Waals surface area contributed by atoms with E-state index >= 15 is 0 Å². The molecule has 25 heavy (non-hydrogen) atoms. The second-order valence-electron chi connectivity index (χ2n) is 6.60. The average molecular weight is 341 g/mol. The number of carbonyl (C=O) groups excluding carboxylic acids is 1. The molecule has 132 valence electrons. The Morgan fingerprint density at radius 3 is 2.48 bits per heavy atom. The lowest BCUT2D eigenvalue weighted by Crippen LogP contribution is -2.13. The molecule has 0 unspecified atom stereocenters. The minimum atomic E-state index is -0.525. The topological polar surface area (TPSA) is 38.3 Å². The number of hydrogen-bond acceptors (Lipinski definition) is 2. The van der Waals surface area contributed by atoms with Gasteiger partial charge in [-0.1, -0.05) is 44.2 Å². The Morgan fingerprint density at radius 2 is 1.76 bits per heavy atom. The maximum atomic E-state index is 13.6. The van der Waals surface area contributed by atoms with Gasteiger partial charge in [-0.25, -0.2) is 4.39 Å². The lowest BCUT2D eigenvalue weighted by Gasteiger charge is -2.21. The van der Waals surface area contributed by atoms with Crippen molar-refractivity contribution in [2.75, 3.05) is 11.9 Å². The van der Waals surface area contributed by atoms with Gasteiger partial charge in [0.15, 0.2) is 0 Å². The van der Waals surface area contributed by atoms with E-state index in [-0.39, 0.29) is 5.56 Å². The minimum absolute atomic E-state index is 0.0373. The summed E-state index contributed by atoms with van der Waals surface area (Å²) in [6, 6.07) is 13.2. The van der Waals surface area contributed by atoms with Crippen LogP contribution in [0.4, 0.5) is 10.1 Å². The van der Waals surface area contributed by atoms with E-state index < -0.39 is 11.7 Å². The van der Waals surface area contributed by atoms with E-state index in [0.717, 1.165) is 24.7 Å². The first-order chi connectivity index (χ1) is 12.2. The molecule has 3 rings (SSSR count). The van der Waals surface area contributed by atoms with E-state index in [0.29, 0.717) is 5.69 Å². The van der Waals surface area contributed by atoms with Gasteiger partial charge in [-0.3, -0.25) is 4.79 Å². The molecular weight excluding hydrogens is 317 g/mol. The van der Waals surface area contributed by atoms with Crippen molar-refractivity contribution in [3.05, 3.63) is 59.9 Å². The molecule has 0 atom stereocenters. The zero-order chi connectivity index (χ0) is 17.5. The molecule has 2 aromatic carbocycles. The van der Waals surface area contributed by atoms with Crippen LogP contribution >= 0.6 is 0 Å². The van der Waals surface area contributed by atoms with Crippen molar-refractivity contribution >= 4 is 11.6 Å². The highest BCUT2D eigenvalue weighted by Crippen LogP contribution is 2.26. The quantitative estimate of drug-likeness (QED) is 0.761. The highest BCUT2D eigenvalue weighted by atomic mass is 19.1. The molecule has 1 aliphatic rings. The molecule has 1 amide bonds. The van der Waals surface area contributed by atoms with Gasteiger partial charge in [0.2, 0.25) is 0 Å². The van der Waals surface area contributed by atoms with Gasteiger partial charge in [-0.2, -0.15) is 0 Å². The van der Waals surface area contributed by atoms with Crippen LogP contribution < -0.4 is 10.1 Å². The van der Waals surface area contributed by atoms with E-state index in [4.69, 9.17) is 4.74 Å². The molecule has 1 aliphatic carbocycles. The van der Waals surface area contributed by atoms with E-state index in [1.54, 1.807) is 24.3 Å². The van der Waals surface area contributed by atoms with Crippen LogP contribution in [0.15, 0.2) is 48.5 Å². The Kier molecular flexibility index (Phi) is 6.04. The molecule has 1 saturated carbocycles. The molecule has 4 heteroatoms. The number of ether oxygens (including phenoxy) is 1. The Hall–Kier alpha value is -2.36. The summed E-state index contributed by atoms with van der Waals surface area (Å²) in [6.45, 7) is 0.728. The standard InChI is InChI=1S/C21H24FNO2/c22-20-9-5-4-8-19(20)21(24)23-17-10-12-18(13-11-17)25-15-14-16-6-2-1-3-7-16/h4-5,8-13,16H,1-3,6-7,14-15H2,(H,23,24). The summed E-state index contributed by atoms with van der Waals surface area (Å²) in [7, 11) is 0. The summed E-state index contributed by atoms with van der Waals surface area (Å²) < 4.78 is 19.4. The van der Waals surface area contributed by atoms with Crippen LogP contribution in [-0.4, -0.2) is 12.5 Å². The lowest BCUT2D eigenvalue weighted by atomic mass is 9.87. The molecular formula is C21H24FNO2. The van der Waals surface area contributed by atoms with Crippen LogP contribution in [-0.2, 0) is 0 Å². The molecule has 0 saturated heterocycles. The Labute approximate surface area is 148 Å². The molecule has 0 aliphatic heterocycles. The van der Waals surface area contributed by atoms with Crippen LogP contribution in [0, 0.1) is 11.7 Å². The van der Waals surface area contributed by atoms with Crippen molar-refractivity contribution in [3.8, 4) is 5.75 Å². The maximum absolute atomic E-state index is 13.6. The summed E-state index contributed by atoms with van der Waals surface area (Å²) >= 11 is 0. The largest absolute Gasteiger partial charge is 0.494 e. The van der Waals surface area contributed by atoms with Crippen LogP contribution in [0.3, 0.4) is 0 Å². The fraction of sp³-hybridized carbons (Fsp3) is 0.381. The number of carbonyl (C=O) groups is 1. The van der Waals surface area contributed by atoms with Crippen LogP contribution in [0.2, 0.25) is 0 Å². The van der Waals surface area contributed by atoms with Crippen LogP contribution in [0.1, 0.15) is 48.9 Å². The van der Waals surface area contributed by atoms with Crippen molar-refractivity contribution in [3.63, 3.8) is 0 Å². The highest BCUT2D eigenvalue weighted by molar-refractivity contribution is 6.04. The maximum Gasteiger partial charge on any atom is 0.258 e. The number of halogens is 1. The lowest BCUT2D eigenvalue weighted by molar-refractivity contribution is 0.102. The minimum Gasteiger partial charge on any atom is -0.494 e. The molecule has 0 bridgehead atoms. The first kappa shape index (κ1) is 17.5. The van der Waals surface area contributed by atoms with Gasteiger partial charge in [0.05, 0.1) is 12.2 Å². The van der Waals surface area contributed by atoms with Gasteiger partial charge in [0.25, 0.3) is 5.91 Å². The molecule has 0 aromatic heterocycles. The third-order valence-corrected chi connectivity index (χ3v) is 4.75. The Balaban J connectivity index is 1.48. The summed E-state index contributed by atoms with van der Waals surface area (Å²) in [4.78, 5) is 12.1. The smallest absolute Gasteiger partial charge is 0.258 e. The van der Waals surface area contributed by atoms with Gasteiger partial charge < -0.3 is 10.1 Å². The van der Waals surface area contributed by atoms with Crippen LogP contribution in [0.5, 0.6) is 5.75 Å². The van der Waals surface area contributed by atoms with Crippen molar-refractivity contribution in [2.24, 2.45) is 5.92 Å². The fourth-order valence-corrected chi connectivity index (χ4v) is 3.30. The van der Waals surface area contributed by atoms with Crippen molar-refractivity contribution < 1.29 is 13.9 Å². The summed E-state index contributed by atoms with van der Waals surface area (Å²) in [5.41, 5.74) is 0.656. The number of amides is 1. The van der Waals surface area contributed by atoms with E-state index in [2.05, 4.69) is 5.32 Å². The molecule has 0 spiro atoms. The molecule has 0 heterocycles.